The number of amides is 2. The van der Waals surface area contributed by atoms with Gasteiger partial charge in [0.25, 0.3) is 5.91 Å². The molecule has 114 valence electrons. The number of carbonyl (C=O) groups excluding carboxylic acids is 2. The van der Waals surface area contributed by atoms with Gasteiger partial charge in [0.2, 0.25) is 5.91 Å². The van der Waals surface area contributed by atoms with Crippen molar-refractivity contribution >= 4 is 11.8 Å². The second kappa shape index (κ2) is 5.10. The zero-order valence-electron chi connectivity index (χ0n) is 11.8. The first-order chi connectivity index (χ1) is 10.0. The molecule has 2 N–H and O–H groups in total. The summed E-state index contributed by atoms with van der Waals surface area (Å²) in [6.45, 7) is 2.12. The Morgan fingerprint density at radius 1 is 1.48 bits per heavy atom. The maximum Gasteiger partial charge on any atom is 0.275 e. The third-order valence-electron chi connectivity index (χ3n) is 4.22. The predicted molar refractivity (Wildman–Crippen MR) is 70.3 cm³/mol. The van der Waals surface area contributed by atoms with Crippen LogP contribution in [0.1, 0.15) is 41.9 Å². The van der Waals surface area contributed by atoms with Crippen molar-refractivity contribution in [3.8, 4) is 0 Å². The van der Waals surface area contributed by atoms with Gasteiger partial charge in [0.1, 0.15) is 5.69 Å². The van der Waals surface area contributed by atoms with Crippen LogP contribution in [0.2, 0.25) is 0 Å². The number of nitrogens with one attached hydrogen (secondary N) is 1. The summed E-state index contributed by atoms with van der Waals surface area (Å²) in [6, 6.07) is -0.114. The third-order valence-corrected chi connectivity index (χ3v) is 4.22. The quantitative estimate of drug-likeness (QED) is 0.784. The molecule has 0 spiro atoms. The molecule has 3 rings (SSSR count). The number of likely N-dealkylation sites (tertiary alicyclic amines) is 1. The molecule has 2 fully saturated rings. The molecule has 0 radical (unpaired) electrons. The van der Waals surface area contributed by atoms with E-state index in [9.17, 15) is 14.7 Å². The highest BCUT2D eigenvalue weighted by Gasteiger charge is 2.52. The van der Waals surface area contributed by atoms with E-state index in [0.717, 1.165) is 25.7 Å². The van der Waals surface area contributed by atoms with Crippen molar-refractivity contribution in [2.24, 2.45) is 0 Å². The molecular weight excluding hydrogens is 276 g/mol. The molecule has 1 aliphatic heterocycles. The Morgan fingerprint density at radius 3 is 2.86 bits per heavy atom. The molecule has 0 aromatic carbocycles. The summed E-state index contributed by atoms with van der Waals surface area (Å²) in [4.78, 5) is 25.8. The summed E-state index contributed by atoms with van der Waals surface area (Å²) in [5.41, 5.74) is -0.240. The van der Waals surface area contributed by atoms with E-state index in [1.807, 2.05) is 0 Å². The first kappa shape index (κ1) is 14.0. The van der Waals surface area contributed by atoms with Crippen LogP contribution in [0.5, 0.6) is 0 Å². The first-order valence-corrected chi connectivity index (χ1v) is 7.10. The van der Waals surface area contributed by atoms with Gasteiger partial charge in [0.15, 0.2) is 5.69 Å². The number of aromatic nitrogens is 2. The molecule has 8 nitrogen and oxygen atoms in total. The highest BCUT2D eigenvalue weighted by Crippen LogP contribution is 2.44. The van der Waals surface area contributed by atoms with Crippen molar-refractivity contribution in [1.29, 1.82) is 0 Å². The number of rotatable bonds is 4. The lowest BCUT2D eigenvalue weighted by Crippen LogP contribution is -2.48. The van der Waals surface area contributed by atoms with Crippen LogP contribution in [0.3, 0.4) is 0 Å². The molecule has 1 saturated heterocycles. The van der Waals surface area contributed by atoms with E-state index in [0.29, 0.717) is 12.2 Å². The maximum absolute atomic E-state index is 12.2. The van der Waals surface area contributed by atoms with Crippen LogP contribution in [0.15, 0.2) is 4.63 Å². The van der Waals surface area contributed by atoms with Crippen molar-refractivity contribution < 1.29 is 19.3 Å². The van der Waals surface area contributed by atoms with Crippen molar-refractivity contribution in [3.05, 3.63) is 11.4 Å². The molecule has 0 bridgehead atoms. The van der Waals surface area contributed by atoms with E-state index in [2.05, 4.69) is 20.3 Å². The monoisotopic (exact) mass is 294 g/mol. The molecule has 1 unspecified atom stereocenters. The topological polar surface area (TPSA) is 109 Å². The minimum atomic E-state index is -0.706. The Kier molecular flexibility index (Phi) is 3.40. The normalized spacial score (nSPS) is 23.1. The number of carbonyl (C=O) groups is 2. The maximum atomic E-state index is 12.2. The van der Waals surface area contributed by atoms with Gasteiger partial charge in [0.05, 0.1) is 18.2 Å². The lowest BCUT2D eigenvalue weighted by Gasteiger charge is -2.28. The average Bonchev–Trinajstić information content (AvgIpc) is 2.91. The number of hydrogen-bond donors (Lipinski definition) is 2. The van der Waals surface area contributed by atoms with Gasteiger partial charge in [-0.05, 0) is 37.8 Å². The van der Waals surface area contributed by atoms with E-state index in [1.54, 1.807) is 11.8 Å². The third kappa shape index (κ3) is 2.63. The van der Waals surface area contributed by atoms with Crippen LogP contribution in [-0.2, 0) is 4.79 Å². The molecule has 8 heteroatoms. The molecule has 1 aliphatic carbocycles. The molecule has 1 aromatic rings. The first-order valence-electron chi connectivity index (χ1n) is 7.10. The Hall–Kier alpha value is -1.96. The van der Waals surface area contributed by atoms with Gasteiger partial charge in [-0.3, -0.25) is 9.59 Å². The summed E-state index contributed by atoms with van der Waals surface area (Å²) in [5, 5.41) is 19.7. The molecule has 1 aromatic heterocycles. The standard InChI is InChI=1S/C13H18N4O4/c1-8-11(16-21-15-8)12(19)14-7-10(18)17-6-2-3-9(17)13(20)4-5-13/h9,20H,2-7H2,1H3,(H,14,19). The Balaban J connectivity index is 1.57. The number of nitrogens with zero attached hydrogens (tertiary/aromatic N) is 3. The van der Waals surface area contributed by atoms with Crippen LogP contribution >= 0.6 is 0 Å². The second-order valence-corrected chi connectivity index (χ2v) is 5.73. The zero-order valence-corrected chi connectivity index (χ0v) is 11.8. The van der Waals surface area contributed by atoms with Gasteiger partial charge in [-0.15, -0.1) is 0 Å². The number of aliphatic hydroxyl groups is 1. The molecule has 2 heterocycles. The summed E-state index contributed by atoms with van der Waals surface area (Å²) in [5.74, 6) is -0.664. The summed E-state index contributed by atoms with van der Waals surface area (Å²) >= 11 is 0. The predicted octanol–water partition coefficient (Wildman–Crippen LogP) is -0.376. The highest BCUT2D eigenvalue weighted by atomic mass is 16.6. The minimum absolute atomic E-state index is 0.0848. The summed E-state index contributed by atoms with van der Waals surface area (Å²) < 4.78 is 4.45. The average molecular weight is 294 g/mol. The molecule has 2 aliphatic rings. The Labute approximate surface area is 121 Å². The molecule has 21 heavy (non-hydrogen) atoms. The van der Waals surface area contributed by atoms with Crippen molar-refractivity contribution in [1.82, 2.24) is 20.5 Å². The minimum Gasteiger partial charge on any atom is -0.388 e. The second-order valence-electron chi connectivity index (χ2n) is 5.73. The lowest BCUT2D eigenvalue weighted by atomic mass is 10.1. The van der Waals surface area contributed by atoms with Crippen molar-refractivity contribution in [2.75, 3.05) is 13.1 Å². The Bertz CT molecular complexity index is 566. The van der Waals surface area contributed by atoms with Gasteiger partial charge in [-0.2, -0.15) is 0 Å². The molecular formula is C13H18N4O4. The van der Waals surface area contributed by atoms with Crippen molar-refractivity contribution in [3.63, 3.8) is 0 Å². The lowest BCUT2D eigenvalue weighted by molar-refractivity contribution is -0.133. The molecule has 1 atom stereocenters. The fourth-order valence-electron chi connectivity index (χ4n) is 2.86. The van der Waals surface area contributed by atoms with E-state index in [1.165, 1.54) is 0 Å². The van der Waals surface area contributed by atoms with Gasteiger partial charge >= 0.3 is 0 Å². The van der Waals surface area contributed by atoms with E-state index < -0.39 is 11.5 Å². The van der Waals surface area contributed by atoms with Gasteiger partial charge < -0.3 is 15.3 Å². The summed E-state index contributed by atoms with van der Waals surface area (Å²) in [6.07, 6.45) is 3.21. The van der Waals surface area contributed by atoms with Gasteiger partial charge in [-0.25, -0.2) is 4.63 Å². The van der Waals surface area contributed by atoms with Crippen LogP contribution in [0.25, 0.3) is 0 Å². The molecule has 2 amide bonds. The zero-order chi connectivity index (χ0) is 15.0. The van der Waals surface area contributed by atoms with Crippen LogP contribution in [0, 0.1) is 6.92 Å². The van der Waals surface area contributed by atoms with E-state index >= 15 is 0 Å². The van der Waals surface area contributed by atoms with Gasteiger partial charge in [-0.1, -0.05) is 5.16 Å². The largest absolute Gasteiger partial charge is 0.388 e. The SMILES string of the molecule is Cc1nonc1C(=O)NCC(=O)N1CCCC1C1(O)CC1. The summed E-state index contributed by atoms with van der Waals surface area (Å²) in [7, 11) is 0. The Morgan fingerprint density at radius 2 is 2.24 bits per heavy atom. The van der Waals surface area contributed by atoms with Crippen molar-refractivity contribution in [2.45, 2.75) is 44.2 Å². The van der Waals surface area contributed by atoms with Crippen LogP contribution in [-0.4, -0.2) is 56.9 Å². The van der Waals surface area contributed by atoms with Crippen LogP contribution in [0.4, 0.5) is 0 Å². The molecule has 1 saturated carbocycles. The fourth-order valence-corrected chi connectivity index (χ4v) is 2.86. The number of hydrogen-bond acceptors (Lipinski definition) is 6. The van der Waals surface area contributed by atoms with E-state index in [-0.39, 0.29) is 24.2 Å². The number of aryl methyl sites for hydroxylation is 1. The van der Waals surface area contributed by atoms with Crippen LogP contribution < -0.4 is 5.32 Å². The van der Waals surface area contributed by atoms with Gasteiger partial charge in [0, 0.05) is 6.54 Å². The van der Waals surface area contributed by atoms with E-state index in [4.69, 9.17) is 0 Å². The fraction of sp³-hybridized carbons (Fsp3) is 0.692. The highest BCUT2D eigenvalue weighted by molar-refractivity contribution is 5.95. The smallest absolute Gasteiger partial charge is 0.275 e.